The third-order valence-corrected chi connectivity index (χ3v) is 4.99. The first kappa shape index (κ1) is 17.3. The Morgan fingerprint density at radius 1 is 1.27 bits per heavy atom. The van der Waals surface area contributed by atoms with Gasteiger partial charge in [0.2, 0.25) is 0 Å². The number of nitrogens with zero attached hydrogens (tertiary/aromatic N) is 1. The molecule has 8 heteroatoms. The number of fused-ring (bicyclic) bond motifs is 1. The van der Waals surface area contributed by atoms with E-state index in [4.69, 9.17) is 18.9 Å². The molecule has 0 spiro atoms. The second-order valence-electron chi connectivity index (χ2n) is 6.13. The summed E-state index contributed by atoms with van der Waals surface area (Å²) in [6.45, 7) is 2.48. The summed E-state index contributed by atoms with van der Waals surface area (Å²) in [5, 5.41) is 5.01. The predicted molar refractivity (Wildman–Crippen MR) is 94.8 cm³/mol. The van der Waals surface area contributed by atoms with Crippen molar-refractivity contribution in [3.05, 3.63) is 40.3 Å². The fraction of sp³-hybridized carbons (Fsp3) is 0.444. The van der Waals surface area contributed by atoms with Crippen LogP contribution in [0.15, 0.2) is 29.1 Å². The lowest BCUT2D eigenvalue weighted by atomic mass is 10.0. The molecule has 1 saturated heterocycles. The van der Waals surface area contributed by atoms with E-state index in [2.05, 4.69) is 10.3 Å². The van der Waals surface area contributed by atoms with Crippen molar-refractivity contribution >= 4 is 17.2 Å². The number of nitrogens with one attached hydrogen (secondary N) is 1. The van der Waals surface area contributed by atoms with Crippen LogP contribution in [-0.4, -0.2) is 49.5 Å². The molecule has 1 fully saturated rings. The Hall–Kier alpha value is -2.16. The summed E-state index contributed by atoms with van der Waals surface area (Å²) < 4.78 is 22.5. The van der Waals surface area contributed by atoms with E-state index in [1.54, 1.807) is 23.7 Å². The minimum atomic E-state index is -0.202. The zero-order valence-corrected chi connectivity index (χ0v) is 15.0. The number of rotatable bonds is 5. The molecule has 138 valence electrons. The van der Waals surface area contributed by atoms with E-state index >= 15 is 0 Å². The molecule has 4 rings (SSSR count). The Balaban J connectivity index is 1.39. The first-order valence-corrected chi connectivity index (χ1v) is 9.51. The number of carbonyl (C=O) groups is 1. The molecule has 0 bridgehead atoms. The summed E-state index contributed by atoms with van der Waals surface area (Å²) >= 11 is 1.53. The number of hydrogen-bond donors (Lipinski definition) is 1. The molecule has 0 radical (unpaired) electrons. The standard InChI is InChI=1S/C18H20N2O5S/c21-18(12-1-2-15-16(7-12)24-6-5-23-15)20-14-3-4-22-9-17(14)25-8-13-10-26-11-19-13/h1-2,7,10-11,14,17H,3-6,8-9H2,(H,20,21)/t14-,17-/m1/s1. The summed E-state index contributed by atoms with van der Waals surface area (Å²) in [4.78, 5) is 16.9. The number of amides is 1. The van der Waals surface area contributed by atoms with Gasteiger partial charge in [0.25, 0.3) is 5.91 Å². The summed E-state index contributed by atoms with van der Waals surface area (Å²) in [5.74, 6) is 1.12. The topological polar surface area (TPSA) is 78.9 Å². The maximum Gasteiger partial charge on any atom is 0.251 e. The van der Waals surface area contributed by atoms with Crippen molar-refractivity contribution in [2.24, 2.45) is 0 Å². The summed E-state index contributed by atoms with van der Waals surface area (Å²) in [7, 11) is 0. The molecule has 26 heavy (non-hydrogen) atoms. The normalized spacial score (nSPS) is 22.0. The van der Waals surface area contributed by atoms with Crippen molar-refractivity contribution in [1.29, 1.82) is 0 Å². The lowest BCUT2D eigenvalue weighted by Crippen LogP contribution is -2.50. The number of thiazole rings is 1. The SMILES string of the molecule is O=C(N[C@@H]1CCOC[C@H]1OCc1cscn1)c1ccc2c(c1)OCCO2. The first-order valence-electron chi connectivity index (χ1n) is 8.56. The van der Waals surface area contributed by atoms with Gasteiger partial charge in [-0.05, 0) is 24.6 Å². The van der Waals surface area contributed by atoms with Gasteiger partial charge in [-0.3, -0.25) is 4.79 Å². The Morgan fingerprint density at radius 3 is 3.00 bits per heavy atom. The van der Waals surface area contributed by atoms with Crippen molar-refractivity contribution in [2.75, 3.05) is 26.4 Å². The third-order valence-electron chi connectivity index (χ3n) is 4.35. The van der Waals surface area contributed by atoms with Gasteiger partial charge in [-0.15, -0.1) is 11.3 Å². The molecule has 7 nitrogen and oxygen atoms in total. The third kappa shape index (κ3) is 3.98. The van der Waals surface area contributed by atoms with E-state index in [1.807, 2.05) is 5.38 Å². The van der Waals surface area contributed by atoms with Crippen molar-refractivity contribution in [2.45, 2.75) is 25.2 Å². The molecule has 1 aromatic carbocycles. The molecule has 0 aliphatic carbocycles. The van der Waals surface area contributed by atoms with Crippen LogP contribution in [0.4, 0.5) is 0 Å². The molecule has 2 atom stereocenters. The number of ether oxygens (including phenoxy) is 4. The zero-order chi connectivity index (χ0) is 17.8. The monoisotopic (exact) mass is 376 g/mol. The van der Waals surface area contributed by atoms with Gasteiger partial charge in [0.05, 0.1) is 30.5 Å². The van der Waals surface area contributed by atoms with Gasteiger partial charge in [-0.1, -0.05) is 0 Å². The minimum absolute atomic E-state index is 0.108. The van der Waals surface area contributed by atoms with Crippen LogP contribution in [0.2, 0.25) is 0 Å². The fourth-order valence-electron chi connectivity index (χ4n) is 2.98. The van der Waals surface area contributed by atoms with Crippen LogP contribution in [0.25, 0.3) is 0 Å². The summed E-state index contributed by atoms with van der Waals surface area (Å²) in [6, 6.07) is 5.12. The Labute approximate surface area is 155 Å². The maximum atomic E-state index is 12.7. The minimum Gasteiger partial charge on any atom is -0.486 e. The van der Waals surface area contributed by atoms with E-state index in [1.165, 1.54) is 11.3 Å². The van der Waals surface area contributed by atoms with Gasteiger partial charge in [0.15, 0.2) is 11.5 Å². The van der Waals surface area contributed by atoms with Crippen LogP contribution in [0.3, 0.4) is 0 Å². The van der Waals surface area contributed by atoms with Crippen LogP contribution >= 0.6 is 11.3 Å². The summed E-state index contributed by atoms with van der Waals surface area (Å²) in [5.41, 5.74) is 3.20. The summed E-state index contributed by atoms with van der Waals surface area (Å²) in [6.07, 6.45) is 0.504. The lowest BCUT2D eigenvalue weighted by Gasteiger charge is -2.32. The molecule has 2 aliphatic heterocycles. The lowest BCUT2D eigenvalue weighted by molar-refractivity contribution is -0.0742. The maximum absolute atomic E-state index is 12.7. The fourth-order valence-corrected chi connectivity index (χ4v) is 3.52. The van der Waals surface area contributed by atoms with Crippen LogP contribution in [0.1, 0.15) is 22.5 Å². The molecule has 0 unspecified atom stereocenters. The second kappa shape index (κ2) is 8.03. The van der Waals surface area contributed by atoms with Crippen molar-refractivity contribution < 1.29 is 23.7 Å². The van der Waals surface area contributed by atoms with Gasteiger partial charge in [0.1, 0.15) is 19.3 Å². The molecule has 0 saturated carbocycles. The quantitative estimate of drug-likeness (QED) is 0.860. The molecule has 2 aromatic rings. The molecule has 1 amide bonds. The number of carbonyl (C=O) groups excluding carboxylic acids is 1. The van der Waals surface area contributed by atoms with Crippen molar-refractivity contribution in [1.82, 2.24) is 10.3 Å². The predicted octanol–water partition coefficient (Wildman–Crippen LogP) is 2.02. The average molecular weight is 376 g/mol. The van der Waals surface area contributed by atoms with Crippen LogP contribution in [0, 0.1) is 0 Å². The van der Waals surface area contributed by atoms with Crippen LogP contribution in [0.5, 0.6) is 11.5 Å². The van der Waals surface area contributed by atoms with Gasteiger partial charge in [-0.25, -0.2) is 4.98 Å². The van der Waals surface area contributed by atoms with Crippen molar-refractivity contribution in [3.8, 4) is 11.5 Å². The smallest absolute Gasteiger partial charge is 0.251 e. The molecule has 1 N–H and O–H groups in total. The van der Waals surface area contributed by atoms with E-state index in [0.717, 1.165) is 5.69 Å². The highest BCUT2D eigenvalue weighted by atomic mass is 32.1. The number of aromatic nitrogens is 1. The Bertz CT molecular complexity index is 752. The van der Waals surface area contributed by atoms with Gasteiger partial charge < -0.3 is 24.3 Å². The van der Waals surface area contributed by atoms with Crippen LogP contribution < -0.4 is 14.8 Å². The van der Waals surface area contributed by atoms with Crippen LogP contribution in [-0.2, 0) is 16.1 Å². The zero-order valence-electron chi connectivity index (χ0n) is 14.2. The number of benzene rings is 1. The Morgan fingerprint density at radius 2 is 2.15 bits per heavy atom. The second-order valence-corrected chi connectivity index (χ2v) is 6.85. The Kier molecular flexibility index (Phi) is 5.33. The van der Waals surface area contributed by atoms with Gasteiger partial charge >= 0.3 is 0 Å². The molecule has 3 heterocycles. The average Bonchev–Trinajstić information content (AvgIpc) is 3.20. The van der Waals surface area contributed by atoms with E-state index in [-0.39, 0.29) is 18.1 Å². The number of hydrogen-bond acceptors (Lipinski definition) is 7. The first-order chi connectivity index (χ1) is 12.8. The molecular formula is C18H20N2O5S. The van der Waals surface area contributed by atoms with Gasteiger partial charge in [0, 0.05) is 17.6 Å². The van der Waals surface area contributed by atoms with E-state index in [9.17, 15) is 4.79 Å². The highest BCUT2D eigenvalue weighted by Crippen LogP contribution is 2.30. The highest BCUT2D eigenvalue weighted by Gasteiger charge is 2.29. The highest BCUT2D eigenvalue weighted by molar-refractivity contribution is 7.07. The largest absolute Gasteiger partial charge is 0.486 e. The molecule has 1 aromatic heterocycles. The van der Waals surface area contributed by atoms with Gasteiger partial charge in [-0.2, -0.15) is 0 Å². The van der Waals surface area contributed by atoms with E-state index in [0.29, 0.717) is 56.5 Å². The van der Waals surface area contributed by atoms with Crippen molar-refractivity contribution in [3.63, 3.8) is 0 Å². The van der Waals surface area contributed by atoms with E-state index < -0.39 is 0 Å². The molecular weight excluding hydrogens is 356 g/mol. The molecule has 2 aliphatic rings.